The first-order valence-electron chi connectivity index (χ1n) is 8.79. The predicted molar refractivity (Wildman–Crippen MR) is 102 cm³/mol. The number of aromatic nitrogens is 1. The van der Waals surface area contributed by atoms with Gasteiger partial charge in [-0.1, -0.05) is 11.6 Å². The fraction of sp³-hybridized carbons (Fsp3) is 0.368. The van der Waals surface area contributed by atoms with Crippen LogP contribution in [0, 0.1) is 0 Å². The summed E-state index contributed by atoms with van der Waals surface area (Å²) < 4.78 is 5.75. The Balaban J connectivity index is 1.49. The second kappa shape index (κ2) is 7.03. The number of rotatable bonds is 1. The van der Waals surface area contributed by atoms with E-state index < -0.39 is 0 Å². The lowest BCUT2D eigenvalue weighted by molar-refractivity contribution is 0.190. The molecule has 26 heavy (non-hydrogen) atoms. The van der Waals surface area contributed by atoms with Crippen molar-refractivity contribution in [1.29, 1.82) is 0 Å². The standard InChI is InChI=1S/C19H21ClN4O2/c1-14-13-26-18-11-15(20)4-5-17(18)24(14)19(25)23-9-7-22(8-10-23)16-3-2-6-21-12-16/h2-6,11-12,14H,7-10,13H2,1H3. The number of nitrogens with zero attached hydrogens (tertiary/aromatic N) is 4. The number of benzene rings is 1. The van der Waals surface area contributed by atoms with Gasteiger partial charge in [0, 0.05) is 43.5 Å². The molecule has 0 radical (unpaired) electrons. The van der Waals surface area contributed by atoms with Crippen LogP contribution in [0.3, 0.4) is 0 Å². The number of halogens is 1. The highest BCUT2D eigenvalue weighted by Crippen LogP contribution is 2.36. The Bertz CT molecular complexity index is 793. The van der Waals surface area contributed by atoms with Crippen LogP contribution in [0.1, 0.15) is 6.92 Å². The molecule has 2 aliphatic heterocycles. The number of hydrogen-bond donors (Lipinski definition) is 0. The molecule has 2 aliphatic rings. The van der Waals surface area contributed by atoms with Crippen LogP contribution >= 0.6 is 11.6 Å². The molecule has 7 heteroatoms. The van der Waals surface area contributed by atoms with Crippen LogP contribution in [0.4, 0.5) is 16.2 Å². The molecule has 6 nitrogen and oxygen atoms in total. The smallest absolute Gasteiger partial charge is 0.325 e. The van der Waals surface area contributed by atoms with E-state index in [1.807, 2.05) is 35.1 Å². The molecular weight excluding hydrogens is 352 g/mol. The average Bonchev–Trinajstić information content (AvgIpc) is 2.68. The molecule has 1 unspecified atom stereocenters. The van der Waals surface area contributed by atoms with Gasteiger partial charge in [0.15, 0.2) is 0 Å². The average molecular weight is 373 g/mol. The molecule has 1 aromatic heterocycles. The maximum atomic E-state index is 13.2. The molecule has 136 valence electrons. The number of amides is 2. The predicted octanol–water partition coefficient (Wildman–Crippen LogP) is 3.26. The Hall–Kier alpha value is -2.47. The first kappa shape index (κ1) is 17.0. The van der Waals surface area contributed by atoms with Crippen LogP contribution in [0.15, 0.2) is 42.7 Å². The number of pyridine rings is 1. The molecule has 1 saturated heterocycles. The van der Waals surface area contributed by atoms with Gasteiger partial charge in [-0.15, -0.1) is 0 Å². The SMILES string of the molecule is CC1COc2cc(Cl)ccc2N1C(=O)N1CCN(c2cccnc2)CC1. The van der Waals surface area contributed by atoms with E-state index in [1.165, 1.54) is 0 Å². The van der Waals surface area contributed by atoms with Gasteiger partial charge in [-0.2, -0.15) is 0 Å². The maximum Gasteiger partial charge on any atom is 0.325 e. The minimum Gasteiger partial charge on any atom is -0.489 e. The highest BCUT2D eigenvalue weighted by molar-refractivity contribution is 6.30. The van der Waals surface area contributed by atoms with Crippen molar-refractivity contribution in [2.75, 3.05) is 42.6 Å². The van der Waals surface area contributed by atoms with Crippen molar-refractivity contribution < 1.29 is 9.53 Å². The summed E-state index contributed by atoms with van der Waals surface area (Å²) in [6.07, 6.45) is 3.63. The van der Waals surface area contributed by atoms with Gasteiger partial charge in [-0.05, 0) is 31.2 Å². The summed E-state index contributed by atoms with van der Waals surface area (Å²) in [6.45, 7) is 5.42. The molecule has 3 heterocycles. The molecule has 0 spiro atoms. The zero-order chi connectivity index (χ0) is 18.1. The summed E-state index contributed by atoms with van der Waals surface area (Å²) in [5.41, 5.74) is 1.88. The molecule has 1 aromatic carbocycles. The maximum absolute atomic E-state index is 13.2. The third-order valence-corrected chi connectivity index (χ3v) is 5.10. The lowest BCUT2D eigenvalue weighted by Crippen LogP contribution is -2.56. The van der Waals surface area contributed by atoms with Crippen LogP contribution in [-0.2, 0) is 0 Å². The largest absolute Gasteiger partial charge is 0.489 e. The Morgan fingerprint density at radius 3 is 2.77 bits per heavy atom. The molecule has 0 bridgehead atoms. The van der Waals surface area contributed by atoms with Gasteiger partial charge >= 0.3 is 6.03 Å². The number of hydrogen-bond acceptors (Lipinski definition) is 4. The molecule has 1 fully saturated rings. The van der Waals surface area contributed by atoms with Crippen molar-refractivity contribution in [1.82, 2.24) is 9.88 Å². The van der Waals surface area contributed by atoms with Crippen molar-refractivity contribution in [3.63, 3.8) is 0 Å². The molecule has 2 aromatic rings. The number of carbonyl (C=O) groups is 1. The number of carbonyl (C=O) groups excluding carboxylic acids is 1. The normalized spacial score (nSPS) is 19.8. The van der Waals surface area contributed by atoms with E-state index in [1.54, 1.807) is 18.3 Å². The molecule has 0 saturated carbocycles. The highest BCUT2D eigenvalue weighted by atomic mass is 35.5. The number of anilines is 2. The Labute approximate surface area is 157 Å². The molecule has 1 atom stereocenters. The molecular formula is C19H21ClN4O2. The summed E-state index contributed by atoms with van der Waals surface area (Å²) in [4.78, 5) is 23.4. The van der Waals surface area contributed by atoms with Crippen molar-refractivity contribution in [2.24, 2.45) is 0 Å². The van der Waals surface area contributed by atoms with Crippen LogP contribution < -0.4 is 14.5 Å². The molecule has 2 amide bonds. The van der Waals surface area contributed by atoms with Crippen LogP contribution in [0.5, 0.6) is 5.75 Å². The van der Waals surface area contributed by atoms with Gasteiger partial charge in [-0.25, -0.2) is 4.79 Å². The lowest BCUT2D eigenvalue weighted by Gasteiger charge is -2.41. The number of urea groups is 1. The van der Waals surface area contributed by atoms with E-state index in [0.717, 1.165) is 24.5 Å². The third kappa shape index (κ3) is 3.17. The fourth-order valence-electron chi connectivity index (χ4n) is 3.47. The quantitative estimate of drug-likeness (QED) is 0.771. The number of ether oxygens (including phenoxy) is 1. The van der Waals surface area contributed by atoms with Crippen LogP contribution in [0.2, 0.25) is 5.02 Å². The minimum atomic E-state index is -0.0208. The topological polar surface area (TPSA) is 48.9 Å². The van der Waals surface area contributed by atoms with Crippen molar-refractivity contribution in [2.45, 2.75) is 13.0 Å². The van der Waals surface area contributed by atoms with E-state index >= 15 is 0 Å². The van der Waals surface area contributed by atoms with E-state index in [2.05, 4.69) is 16.0 Å². The van der Waals surface area contributed by atoms with Crippen LogP contribution in [-0.4, -0.2) is 54.7 Å². The van der Waals surface area contributed by atoms with Crippen molar-refractivity contribution in [3.8, 4) is 5.75 Å². The Kier molecular flexibility index (Phi) is 4.59. The zero-order valence-electron chi connectivity index (χ0n) is 14.6. The van der Waals surface area contributed by atoms with Gasteiger partial charge in [0.2, 0.25) is 0 Å². The Morgan fingerprint density at radius 2 is 2.04 bits per heavy atom. The second-order valence-corrected chi connectivity index (χ2v) is 7.05. The first-order chi connectivity index (χ1) is 12.6. The van der Waals surface area contributed by atoms with Gasteiger partial charge in [0.05, 0.1) is 23.6 Å². The zero-order valence-corrected chi connectivity index (χ0v) is 15.4. The summed E-state index contributed by atoms with van der Waals surface area (Å²) in [7, 11) is 0. The van der Waals surface area contributed by atoms with E-state index in [4.69, 9.17) is 16.3 Å². The number of fused-ring (bicyclic) bond motifs is 1. The summed E-state index contributed by atoms with van der Waals surface area (Å²) in [5.74, 6) is 0.665. The lowest BCUT2D eigenvalue weighted by atomic mass is 10.1. The van der Waals surface area contributed by atoms with Crippen LogP contribution in [0.25, 0.3) is 0 Å². The summed E-state index contributed by atoms with van der Waals surface area (Å²) in [6, 6.07) is 9.41. The van der Waals surface area contributed by atoms with Crippen molar-refractivity contribution >= 4 is 29.0 Å². The fourth-order valence-corrected chi connectivity index (χ4v) is 3.63. The summed E-state index contributed by atoms with van der Waals surface area (Å²) in [5, 5.41) is 0.607. The Morgan fingerprint density at radius 1 is 1.23 bits per heavy atom. The highest BCUT2D eigenvalue weighted by Gasteiger charge is 2.34. The molecule has 4 rings (SSSR count). The molecule has 0 N–H and O–H groups in total. The van der Waals surface area contributed by atoms with Crippen molar-refractivity contribution in [3.05, 3.63) is 47.7 Å². The first-order valence-corrected chi connectivity index (χ1v) is 9.17. The number of piperazine rings is 1. The minimum absolute atomic E-state index is 0.0208. The van der Waals surface area contributed by atoms with Gasteiger partial charge in [-0.3, -0.25) is 9.88 Å². The second-order valence-electron chi connectivity index (χ2n) is 6.61. The van der Waals surface area contributed by atoms with E-state index in [0.29, 0.717) is 30.5 Å². The molecule has 0 aliphatic carbocycles. The van der Waals surface area contributed by atoms with E-state index in [9.17, 15) is 4.79 Å². The van der Waals surface area contributed by atoms with Gasteiger partial charge in [0.25, 0.3) is 0 Å². The monoisotopic (exact) mass is 372 g/mol. The van der Waals surface area contributed by atoms with Gasteiger partial charge in [0.1, 0.15) is 12.4 Å². The van der Waals surface area contributed by atoms with E-state index in [-0.39, 0.29) is 12.1 Å². The third-order valence-electron chi connectivity index (χ3n) is 4.87. The van der Waals surface area contributed by atoms with Gasteiger partial charge < -0.3 is 14.5 Å². The summed E-state index contributed by atoms with van der Waals surface area (Å²) >= 11 is 6.06.